The summed E-state index contributed by atoms with van der Waals surface area (Å²) in [5, 5.41) is 0.678. The molecule has 0 bridgehead atoms. The summed E-state index contributed by atoms with van der Waals surface area (Å²) in [6.07, 6.45) is 2.70. The Labute approximate surface area is 181 Å². The van der Waals surface area contributed by atoms with E-state index >= 15 is 0 Å². The lowest BCUT2D eigenvalue weighted by molar-refractivity contribution is -0.122. The van der Waals surface area contributed by atoms with Gasteiger partial charge in [0, 0.05) is 6.54 Å². The number of hydrogen-bond donors (Lipinski definition) is 0. The Morgan fingerprint density at radius 3 is 2.40 bits per heavy atom. The summed E-state index contributed by atoms with van der Waals surface area (Å²) >= 11 is 1.38. The maximum atomic E-state index is 13.0. The van der Waals surface area contributed by atoms with E-state index in [1.807, 2.05) is 62.4 Å². The highest BCUT2D eigenvalue weighted by Crippen LogP contribution is 2.36. The molecular weight excluding hydrogens is 400 g/mol. The van der Waals surface area contributed by atoms with E-state index in [9.17, 15) is 4.79 Å². The van der Waals surface area contributed by atoms with Crippen molar-refractivity contribution in [2.45, 2.75) is 20.3 Å². The normalized spacial score (nSPS) is 16.4. The van der Waals surface area contributed by atoms with Crippen LogP contribution in [-0.4, -0.2) is 43.3 Å². The maximum Gasteiger partial charge on any atom is 0.266 e. The third kappa shape index (κ3) is 4.97. The molecule has 0 saturated carbocycles. The second-order valence-electron chi connectivity index (χ2n) is 6.50. The summed E-state index contributed by atoms with van der Waals surface area (Å²) in [5.41, 5.74) is 1.64. The summed E-state index contributed by atoms with van der Waals surface area (Å²) in [5.74, 6) is 2.03. The summed E-state index contributed by atoms with van der Waals surface area (Å²) in [4.78, 5) is 20.1. The molecule has 1 saturated heterocycles. The molecule has 3 rings (SSSR count). The van der Waals surface area contributed by atoms with E-state index < -0.39 is 0 Å². The van der Waals surface area contributed by atoms with Gasteiger partial charge in [0.25, 0.3) is 5.91 Å². The van der Waals surface area contributed by atoms with E-state index in [1.165, 1.54) is 11.8 Å². The van der Waals surface area contributed by atoms with E-state index in [1.54, 1.807) is 19.1 Å². The number of carbonyl (C=O) groups is 1. The molecule has 0 radical (unpaired) electrons. The predicted octanol–water partition coefficient (Wildman–Crippen LogP) is 5.12. The van der Waals surface area contributed by atoms with Crippen LogP contribution in [0.15, 0.2) is 52.4 Å². The second-order valence-corrected chi connectivity index (χ2v) is 7.51. The van der Waals surface area contributed by atoms with Gasteiger partial charge in [-0.15, -0.1) is 0 Å². The van der Waals surface area contributed by atoms with Crippen LogP contribution in [0.1, 0.15) is 25.8 Å². The molecule has 0 atom stereocenters. The van der Waals surface area contributed by atoms with E-state index in [0.29, 0.717) is 34.7 Å². The topological polar surface area (TPSA) is 60.4 Å². The highest BCUT2D eigenvalue weighted by Gasteiger charge is 2.32. The number of ether oxygens (including phenoxy) is 3. The van der Waals surface area contributed by atoms with Crippen molar-refractivity contribution in [1.82, 2.24) is 4.90 Å². The molecule has 7 heteroatoms. The zero-order valence-electron chi connectivity index (χ0n) is 17.7. The van der Waals surface area contributed by atoms with Gasteiger partial charge >= 0.3 is 0 Å². The molecule has 0 N–H and O–H groups in total. The number of amides is 1. The minimum Gasteiger partial charge on any atom is -0.494 e. The first-order valence-electron chi connectivity index (χ1n) is 9.84. The summed E-state index contributed by atoms with van der Waals surface area (Å²) in [6.45, 7) is 5.23. The zero-order chi connectivity index (χ0) is 21.5. The standard InChI is InChI=1S/C23H26N2O4S/c1-5-13-25-22(26)21(15-16-7-12-19(27-3)20(14-16)28-4)30-23(25)24-17-8-10-18(11-9-17)29-6-2/h7-12,14-15H,5-6,13H2,1-4H3. The molecule has 1 aliphatic rings. The molecule has 0 aliphatic carbocycles. The zero-order valence-corrected chi connectivity index (χ0v) is 18.5. The first-order chi connectivity index (χ1) is 14.6. The van der Waals surface area contributed by atoms with Gasteiger partial charge in [0.05, 0.1) is 31.4 Å². The van der Waals surface area contributed by atoms with Gasteiger partial charge in [-0.1, -0.05) is 13.0 Å². The van der Waals surface area contributed by atoms with Gasteiger partial charge in [-0.2, -0.15) is 0 Å². The third-order valence-electron chi connectivity index (χ3n) is 4.41. The van der Waals surface area contributed by atoms with Crippen LogP contribution in [0.4, 0.5) is 5.69 Å². The van der Waals surface area contributed by atoms with Crippen molar-refractivity contribution in [2.75, 3.05) is 27.4 Å². The van der Waals surface area contributed by atoms with Crippen molar-refractivity contribution in [3.05, 3.63) is 52.9 Å². The number of methoxy groups -OCH3 is 2. The number of hydrogen-bond acceptors (Lipinski definition) is 6. The van der Waals surface area contributed by atoms with Crippen molar-refractivity contribution in [2.24, 2.45) is 4.99 Å². The molecule has 0 aromatic heterocycles. The van der Waals surface area contributed by atoms with Crippen LogP contribution in [0.3, 0.4) is 0 Å². The average molecular weight is 427 g/mol. The van der Waals surface area contributed by atoms with Crippen LogP contribution in [0.25, 0.3) is 6.08 Å². The Hall–Kier alpha value is -2.93. The number of carbonyl (C=O) groups excluding carboxylic acids is 1. The van der Waals surface area contributed by atoms with Gasteiger partial charge in [-0.3, -0.25) is 9.69 Å². The number of nitrogens with zero attached hydrogens (tertiary/aromatic N) is 2. The molecule has 1 amide bonds. The smallest absolute Gasteiger partial charge is 0.266 e. The summed E-state index contributed by atoms with van der Waals surface area (Å²) in [6, 6.07) is 13.1. The van der Waals surface area contributed by atoms with Crippen molar-refractivity contribution in [3.8, 4) is 17.2 Å². The Balaban J connectivity index is 1.89. The van der Waals surface area contributed by atoms with E-state index in [2.05, 4.69) is 0 Å². The monoisotopic (exact) mass is 426 g/mol. The predicted molar refractivity (Wildman–Crippen MR) is 122 cm³/mol. The SMILES string of the molecule is CCCN1C(=O)C(=Cc2ccc(OC)c(OC)c2)SC1=Nc1ccc(OCC)cc1. The number of aliphatic imine (C=N–C) groups is 1. The third-order valence-corrected chi connectivity index (χ3v) is 5.42. The minimum atomic E-state index is -0.0404. The highest BCUT2D eigenvalue weighted by atomic mass is 32.2. The largest absolute Gasteiger partial charge is 0.494 e. The van der Waals surface area contributed by atoms with Crippen LogP contribution < -0.4 is 14.2 Å². The minimum absolute atomic E-state index is 0.0404. The van der Waals surface area contributed by atoms with Crippen LogP contribution in [0.2, 0.25) is 0 Å². The molecule has 1 aliphatic heterocycles. The molecule has 0 unspecified atom stereocenters. The van der Waals surface area contributed by atoms with Crippen LogP contribution in [0, 0.1) is 0 Å². The van der Waals surface area contributed by atoms with Gasteiger partial charge in [-0.25, -0.2) is 4.99 Å². The van der Waals surface area contributed by atoms with Gasteiger partial charge in [0.2, 0.25) is 0 Å². The first kappa shape index (κ1) is 21.8. The maximum absolute atomic E-state index is 13.0. The fourth-order valence-electron chi connectivity index (χ4n) is 3.00. The van der Waals surface area contributed by atoms with Crippen molar-refractivity contribution in [1.29, 1.82) is 0 Å². The number of benzene rings is 2. The Morgan fingerprint density at radius 2 is 1.77 bits per heavy atom. The summed E-state index contributed by atoms with van der Waals surface area (Å²) < 4.78 is 16.1. The Kier molecular flexibility index (Phi) is 7.41. The first-order valence-corrected chi connectivity index (χ1v) is 10.7. The fraction of sp³-hybridized carbons (Fsp3) is 0.304. The molecule has 1 heterocycles. The molecule has 0 spiro atoms. The lowest BCUT2D eigenvalue weighted by Crippen LogP contribution is -2.29. The molecule has 2 aromatic rings. The van der Waals surface area contributed by atoms with Crippen LogP contribution in [-0.2, 0) is 4.79 Å². The second kappa shape index (κ2) is 10.2. The van der Waals surface area contributed by atoms with Crippen molar-refractivity contribution >= 4 is 34.6 Å². The average Bonchev–Trinajstić information content (AvgIpc) is 3.04. The number of rotatable bonds is 8. The molecule has 1 fully saturated rings. The van der Waals surface area contributed by atoms with Gasteiger partial charge in [-0.05, 0) is 73.1 Å². The van der Waals surface area contributed by atoms with Gasteiger partial charge < -0.3 is 14.2 Å². The number of thioether (sulfide) groups is 1. The molecule has 158 valence electrons. The quantitative estimate of drug-likeness (QED) is 0.549. The van der Waals surface area contributed by atoms with Crippen LogP contribution in [0.5, 0.6) is 17.2 Å². The van der Waals surface area contributed by atoms with E-state index in [-0.39, 0.29) is 5.91 Å². The van der Waals surface area contributed by atoms with Crippen LogP contribution >= 0.6 is 11.8 Å². The van der Waals surface area contributed by atoms with Crippen molar-refractivity contribution < 1.29 is 19.0 Å². The molecule has 2 aromatic carbocycles. The molecular formula is C23H26N2O4S. The van der Waals surface area contributed by atoms with Gasteiger partial charge in [0.15, 0.2) is 16.7 Å². The highest BCUT2D eigenvalue weighted by molar-refractivity contribution is 8.18. The van der Waals surface area contributed by atoms with Crippen molar-refractivity contribution in [3.63, 3.8) is 0 Å². The van der Waals surface area contributed by atoms with Gasteiger partial charge in [0.1, 0.15) is 5.75 Å². The number of amidine groups is 1. The molecule has 6 nitrogen and oxygen atoms in total. The lowest BCUT2D eigenvalue weighted by Gasteiger charge is -2.14. The fourth-order valence-corrected chi connectivity index (χ4v) is 4.02. The Morgan fingerprint density at radius 1 is 1.03 bits per heavy atom. The Bertz CT molecular complexity index is 954. The van der Waals surface area contributed by atoms with E-state index in [0.717, 1.165) is 23.4 Å². The van der Waals surface area contributed by atoms with E-state index in [4.69, 9.17) is 19.2 Å². The summed E-state index contributed by atoms with van der Waals surface area (Å²) in [7, 11) is 3.19. The molecule has 30 heavy (non-hydrogen) atoms. The lowest BCUT2D eigenvalue weighted by atomic mass is 10.2.